The van der Waals surface area contributed by atoms with E-state index in [1.807, 2.05) is 0 Å². The molecule has 7 nitrogen and oxygen atoms in total. The Morgan fingerprint density at radius 2 is 1.08 bits per heavy atom. The summed E-state index contributed by atoms with van der Waals surface area (Å²) in [5, 5.41) is 40.0. The molecule has 0 saturated carbocycles. The molecule has 0 heterocycles. The SMILES string of the molecule is O=C(O)C(=O)O.[F].[O-]B([O-])[O-].[Y+3]. The molecule has 12 heavy (non-hydrogen) atoms. The van der Waals surface area contributed by atoms with Gasteiger partial charge in [0.25, 0.3) is 0 Å². The first-order chi connectivity index (χ1) is 4.37. The summed E-state index contributed by atoms with van der Waals surface area (Å²) in [6, 6.07) is 0. The van der Waals surface area contributed by atoms with E-state index >= 15 is 0 Å². The molecule has 65 valence electrons. The van der Waals surface area contributed by atoms with E-state index in [0.717, 1.165) is 0 Å². The standard InChI is InChI=1S/C2H2O4.BO3.F.Y/c3-1(4)2(5)6;2-1(3)4;;/h(H,3,4)(H,5,6);;;/q;-3;;+3. The van der Waals surface area contributed by atoms with E-state index in [1.165, 1.54) is 0 Å². The van der Waals surface area contributed by atoms with Crippen LogP contribution in [0.2, 0.25) is 0 Å². The van der Waals surface area contributed by atoms with Crippen LogP contribution in [0.25, 0.3) is 0 Å². The second-order valence-electron chi connectivity index (χ2n) is 0.899. The fourth-order valence-electron chi connectivity index (χ4n) is 0. The number of hydrogen-bond acceptors (Lipinski definition) is 5. The van der Waals surface area contributed by atoms with Gasteiger partial charge in [0, 0.05) is 4.70 Å². The van der Waals surface area contributed by atoms with Crippen LogP contribution < -0.4 is 15.1 Å². The van der Waals surface area contributed by atoms with Crippen molar-refractivity contribution in [1.29, 1.82) is 0 Å². The maximum atomic E-state index is 9.10. The molecule has 0 aliphatic rings. The minimum atomic E-state index is -2.92. The summed E-state index contributed by atoms with van der Waals surface area (Å²) in [6.45, 7) is 0. The molecule has 0 aromatic rings. The average Bonchev–Trinajstić information content (AvgIpc) is 1.63. The predicted molar refractivity (Wildman–Crippen MR) is 22.1 cm³/mol. The molecule has 0 saturated heterocycles. The molecule has 0 spiro atoms. The number of rotatable bonds is 0. The second-order valence-corrected chi connectivity index (χ2v) is 0.899. The summed E-state index contributed by atoms with van der Waals surface area (Å²) in [5.74, 6) is -3.65. The van der Waals surface area contributed by atoms with Crippen molar-refractivity contribution >= 4 is 19.3 Å². The van der Waals surface area contributed by atoms with Crippen molar-refractivity contribution < 1.29 is 72.3 Å². The van der Waals surface area contributed by atoms with Gasteiger partial charge in [-0.25, -0.2) is 9.59 Å². The van der Waals surface area contributed by atoms with Gasteiger partial charge in [-0.3, -0.25) is 7.32 Å². The normalized spacial score (nSPS) is 5.92. The minimum absolute atomic E-state index is 0. The first kappa shape index (κ1) is 22.7. The van der Waals surface area contributed by atoms with Gasteiger partial charge in [-0.05, 0) is 0 Å². The van der Waals surface area contributed by atoms with E-state index in [2.05, 4.69) is 0 Å². The summed E-state index contributed by atoms with van der Waals surface area (Å²) in [5.41, 5.74) is 0. The van der Waals surface area contributed by atoms with Crippen molar-refractivity contribution in [2.45, 2.75) is 0 Å². The molecule has 0 aromatic carbocycles. The van der Waals surface area contributed by atoms with Crippen LogP contribution >= 0.6 is 0 Å². The zero-order valence-corrected chi connectivity index (χ0v) is 8.31. The van der Waals surface area contributed by atoms with Gasteiger partial charge in [-0.2, -0.15) is 0 Å². The minimum Gasteiger partial charge on any atom is -0.907 e. The van der Waals surface area contributed by atoms with Crippen LogP contribution in [0.15, 0.2) is 0 Å². The number of hydrogen-bond donors (Lipinski definition) is 2. The van der Waals surface area contributed by atoms with Crippen LogP contribution in [0, 0.1) is 0 Å². The van der Waals surface area contributed by atoms with Crippen molar-refractivity contribution in [1.82, 2.24) is 0 Å². The fourth-order valence-corrected chi connectivity index (χ4v) is 0. The van der Waals surface area contributed by atoms with E-state index in [-0.39, 0.29) is 37.4 Å². The number of halogens is 1. The van der Waals surface area contributed by atoms with Crippen LogP contribution in [-0.4, -0.2) is 29.5 Å². The molecule has 0 atom stereocenters. The first-order valence-corrected chi connectivity index (χ1v) is 1.81. The smallest absolute Gasteiger partial charge is 0.907 e. The van der Waals surface area contributed by atoms with E-state index in [0.29, 0.717) is 0 Å². The van der Waals surface area contributed by atoms with Crippen molar-refractivity contribution in [3.05, 3.63) is 0 Å². The van der Waals surface area contributed by atoms with Gasteiger partial charge in [0.2, 0.25) is 0 Å². The molecule has 0 bridgehead atoms. The molecule has 0 aliphatic carbocycles. The Hall–Kier alpha value is -0.0812. The Bertz CT molecular complexity index is 114. The van der Waals surface area contributed by atoms with Gasteiger partial charge < -0.3 is 25.3 Å². The molecule has 2 N–H and O–H groups in total. The van der Waals surface area contributed by atoms with E-state index in [1.54, 1.807) is 0 Å². The van der Waals surface area contributed by atoms with Gasteiger partial charge in [0.1, 0.15) is 0 Å². The molecular weight excluding hydrogens is 255 g/mol. The monoisotopic (exact) mass is 257 g/mol. The molecule has 1 radical (unpaired) electrons. The summed E-state index contributed by atoms with van der Waals surface area (Å²) < 4.78 is 0. The van der Waals surface area contributed by atoms with Gasteiger partial charge in [0.05, 0.1) is 0 Å². The van der Waals surface area contributed by atoms with Crippen molar-refractivity contribution in [2.24, 2.45) is 0 Å². The van der Waals surface area contributed by atoms with Gasteiger partial charge in [0.15, 0.2) is 0 Å². The number of aliphatic carboxylic acids is 2. The topological polar surface area (TPSA) is 144 Å². The molecule has 0 aromatic heterocycles. The third-order valence-electron chi connectivity index (χ3n) is 0.183. The molecule has 0 fully saturated rings. The van der Waals surface area contributed by atoms with E-state index < -0.39 is 19.3 Å². The van der Waals surface area contributed by atoms with Gasteiger partial charge in [-0.15, -0.1) is 0 Å². The molecule has 0 rings (SSSR count). The maximum absolute atomic E-state index is 9.10. The van der Waals surface area contributed by atoms with E-state index in [4.69, 9.17) is 34.9 Å². The first-order valence-electron chi connectivity index (χ1n) is 1.81. The Morgan fingerprint density at radius 3 is 1.08 bits per heavy atom. The zero-order chi connectivity index (χ0) is 8.73. The number of carbonyl (C=O) groups is 2. The third-order valence-corrected chi connectivity index (χ3v) is 0.183. The zero-order valence-electron chi connectivity index (χ0n) is 5.47. The number of carboxylic acid groups (broad SMARTS) is 2. The second kappa shape index (κ2) is 13.5. The Labute approximate surface area is 91.4 Å². The van der Waals surface area contributed by atoms with Gasteiger partial charge in [-0.1, -0.05) is 0 Å². The largest absolute Gasteiger partial charge is 3.00 e. The van der Waals surface area contributed by atoms with Crippen LogP contribution in [0.5, 0.6) is 0 Å². The van der Waals surface area contributed by atoms with Crippen LogP contribution in [0.4, 0.5) is 4.70 Å². The van der Waals surface area contributed by atoms with Crippen LogP contribution in [0.3, 0.4) is 0 Å². The Balaban J connectivity index is -0.0000000483. The average molecular weight is 257 g/mol. The van der Waals surface area contributed by atoms with Gasteiger partial charge >= 0.3 is 44.6 Å². The summed E-state index contributed by atoms with van der Waals surface area (Å²) >= 11 is 0. The van der Waals surface area contributed by atoms with E-state index in [9.17, 15) is 0 Å². The van der Waals surface area contributed by atoms with Crippen LogP contribution in [0.1, 0.15) is 0 Å². The summed E-state index contributed by atoms with van der Waals surface area (Å²) in [6.07, 6.45) is 0. The van der Waals surface area contributed by atoms with Crippen molar-refractivity contribution in [3.63, 3.8) is 0 Å². The summed E-state index contributed by atoms with van der Waals surface area (Å²) in [4.78, 5) is 18.2. The van der Waals surface area contributed by atoms with Crippen molar-refractivity contribution in [3.8, 4) is 0 Å². The third kappa shape index (κ3) is 51.4. The Kier molecular flexibility index (Phi) is 25.5. The summed E-state index contributed by atoms with van der Waals surface area (Å²) in [7, 11) is -2.92. The quantitative estimate of drug-likeness (QED) is 0.329. The predicted octanol–water partition coefficient (Wildman–Crippen LogP) is -4.37. The molecule has 0 aliphatic heterocycles. The molecule has 10 heteroatoms. The molecular formula is C2H2BFO7Y. The fraction of sp³-hybridized carbons (Fsp3) is 0. The van der Waals surface area contributed by atoms with Crippen LogP contribution in [-0.2, 0) is 42.3 Å². The molecule has 0 amide bonds. The van der Waals surface area contributed by atoms with Crippen molar-refractivity contribution in [2.75, 3.05) is 0 Å². The molecule has 0 unspecified atom stereocenters. The maximum Gasteiger partial charge on any atom is 3.00 e. The Morgan fingerprint density at radius 1 is 1.00 bits per heavy atom. The number of carboxylic acids is 2.